The van der Waals surface area contributed by atoms with E-state index in [1.54, 1.807) is 39.1 Å². The predicted octanol–water partition coefficient (Wildman–Crippen LogP) is 1.50. The van der Waals surface area contributed by atoms with Gasteiger partial charge in [-0.25, -0.2) is 0 Å². The lowest BCUT2D eigenvalue weighted by molar-refractivity contribution is 0.0682. The van der Waals surface area contributed by atoms with Crippen molar-refractivity contribution in [2.75, 3.05) is 13.7 Å². The molecule has 6 heteroatoms. The molecule has 1 aromatic heterocycles. The Labute approximate surface area is 117 Å². The van der Waals surface area contributed by atoms with Crippen LogP contribution in [0.1, 0.15) is 23.2 Å². The third kappa shape index (κ3) is 2.85. The number of hydrogen-bond donors (Lipinski definition) is 1. The van der Waals surface area contributed by atoms with Crippen molar-refractivity contribution in [1.82, 2.24) is 15.0 Å². The van der Waals surface area contributed by atoms with Crippen LogP contribution in [-0.2, 0) is 0 Å². The summed E-state index contributed by atoms with van der Waals surface area (Å²) in [7, 11) is 1.66. The van der Waals surface area contributed by atoms with E-state index in [-0.39, 0.29) is 18.6 Å². The monoisotopic (exact) mass is 275 g/mol. The van der Waals surface area contributed by atoms with E-state index < -0.39 is 0 Å². The molecule has 1 aromatic carbocycles. The number of rotatable bonds is 4. The Morgan fingerprint density at radius 1 is 1.50 bits per heavy atom. The van der Waals surface area contributed by atoms with Gasteiger partial charge in [-0.2, -0.15) is 4.98 Å². The van der Waals surface area contributed by atoms with Crippen molar-refractivity contribution in [2.24, 2.45) is 0 Å². The molecule has 106 valence electrons. The van der Waals surface area contributed by atoms with Gasteiger partial charge in [0.15, 0.2) is 0 Å². The van der Waals surface area contributed by atoms with Gasteiger partial charge in [-0.05, 0) is 19.1 Å². The van der Waals surface area contributed by atoms with Crippen molar-refractivity contribution in [3.05, 3.63) is 35.7 Å². The molecular weight excluding hydrogens is 258 g/mol. The van der Waals surface area contributed by atoms with E-state index in [9.17, 15) is 4.79 Å². The van der Waals surface area contributed by atoms with Gasteiger partial charge in [0, 0.05) is 25.1 Å². The number of carbonyl (C=O) groups is 1. The van der Waals surface area contributed by atoms with E-state index in [1.807, 2.05) is 6.07 Å². The van der Waals surface area contributed by atoms with E-state index in [2.05, 4.69) is 10.1 Å². The lowest BCUT2D eigenvalue weighted by Gasteiger charge is -2.23. The molecule has 20 heavy (non-hydrogen) atoms. The van der Waals surface area contributed by atoms with Crippen LogP contribution in [-0.4, -0.2) is 45.8 Å². The van der Waals surface area contributed by atoms with E-state index in [0.29, 0.717) is 17.3 Å². The fourth-order valence-electron chi connectivity index (χ4n) is 1.73. The van der Waals surface area contributed by atoms with Gasteiger partial charge >= 0.3 is 0 Å². The summed E-state index contributed by atoms with van der Waals surface area (Å²) in [6, 6.07) is 6.79. The van der Waals surface area contributed by atoms with Crippen molar-refractivity contribution in [3.63, 3.8) is 0 Å². The van der Waals surface area contributed by atoms with Crippen LogP contribution in [0.4, 0.5) is 0 Å². The van der Waals surface area contributed by atoms with E-state index >= 15 is 0 Å². The van der Waals surface area contributed by atoms with Crippen LogP contribution in [0.5, 0.6) is 0 Å². The zero-order chi connectivity index (χ0) is 14.7. The number of amides is 1. The molecule has 0 aliphatic rings. The minimum absolute atomic E-state index is 0.0774. The molecule has 1 unspecified atom stereocenters. The number of aliphatic hydroxyl groups is 1. The first kappa shape index (κ1) is 14.2. The van der Waals surface area contributed by atoms with Crippen LogP contribution in [0.3, 0.4) is 0 Å². The molecule has 0 spiro atoms. The molecule has 1 N–H and O–H groups in total. The molecule has 0 aliphatic heterocycles. The van der Waals surface area contributed by atoms with E-state index in [4.69, 9.17) is 9.63 Å². The highest BCUT2D eigenvalue weighted by Gasteiger charge is 2.17. The lowest BCUT2D eigenvalue weighted by atomic mass is 10.1. The fourth-order valence-corrected chi connectivity index (χ4v) is 1.73. The highest BCUT2D eigenvalue weighted by atomic mass is 16.5. The summed E-state index contributed by atoms with van der Waals surface area (Å²) >= 11 is 0. The first-order valence-corrected chi connectivity index (χ1v) is 6.31. The molecular formula is C14H17N3O3. The molecule has 0 saturated carbocycles. The van der Waals surface area contributed by atoms with Gasteiger partial charge < -0.3 is 14.5 Å². The van der Waals surface area contributed by atoms with Crippen molar-refractivity contribution in [2.45, 2.75) is 19.9 Å². The molecule has 1 atom stereocenters. The zero-order valence-corrected chi connectivity index (χ0v) is 11.7. The Kier molecular flexibility index (Phi) is 4.14. The lowest BCUT2D eigenvalue weighted by Crippen LogP contribution is -2.37. The molecule has 0 radical (unpaired) electrons. The van der Waals surface area contributed by atoms with Gasteiger partial charge in [0.05, 0.1) is 12.6 Å². The first-order valence-electron chi connectivity index (χ1n) is 6.31. The summed E-state index contributed by atoms with van der Waals surface area (Å²) in [5, 5.41) is 12.9. The summed E-state index contributed by atoms with van der Waals surface area (Å²) in [5.74, 6) is 0.770. The van der Waals surface area contributed by atoms with Gasteiger partial charge in [-0.15, -0.1) is 0 Å². The Morgan fingerprint density at radius 3 is 2.85 bits per heavy atom. The van der Waals surface area contributed by atoms with E-state index in [1.165, 1.54) is 4.90 Å². The average molecular weight is 275 g/mol. The second-order valence-corrected chi connectivity index (χ2v) is 4.67. The summed E-state index contributed by atoms with van der Waals surface area (Å²) in [6.45, 7) is 3.42. The summed E-state index contributed by atoms with van der Waals surface area (Å²) in [5.41, 5.74) is 1.24. The Hall–Kier alpha value is -2.21. The Balaban J connectivity index is 2.28. The average Bonchev–Trinajstić information content (AvgIpc) is 2.91. The molecule has 0 fully saturated rings. The second-order valence-electron chi connectivity index (χ2n) is 4.67. The third-order valence-electron chi connectivity index (χ3n) is 3.14. The molecule has 0 aliphatic carbocycles. The summed E-state index contributed by atoms with van der Waals surface area (Å²) in [4.78, 5) is 17.9. The minimum atomic E-state index is -0.237. The Morgan fingerprint density at radius 2 is 2.25 bits per heavy atom. The molecule has 0 bridgehead atoms. The summed E-state index contributed by atoms with van der Waals surface area (Å²) < 4.78 is 4.93. The van der Waals surface area contributed by atoms with Crippen molar-refractivity contribution in [3.8, 4) is 11.4 Å². The Bertz CT molecular complexity index is 609. The molecule has 2 rings (SSSR count). The van der Waals surface area contributed by atoms with Crippen LogP contribution in [0.2, 0.25) is 0 Å². The number of benzene rings is 1. The molecule has 6 nitrogen and oxygen atoms in total. The molecule has 1 heterocycles. The topological polar surface area (TPSA) is 79.5 Å². The van der Waals surface area contributed by atoms with Crippen LogP contribution in [0, 0.1) is 6.92 Å². The largest absolute Gasteiger partial charge is 0.394 e. The van der Waals surface area contributed by atoms with Crippen molar-refractivity contribution < 1.29 is 14.4 Å². The van der Waals surface area contributed by atoms with Crippen LogP contribution in [0.25, 0.3) is 11.4 Å². The second kappa shape index (κ2) is 5.83. The van der Waals surface area contributed by atoms with Gasteiger partial charge in [0.1, 0.15) is 0 Å². The van der Waals surface area contributed by atoms with Gasteiger partial charge in [0.2, 0.25) is 11.7 Å². The smallest absolute Gasteiger partial charge is 0.253 e. The number of likely N-dealkylation sites (N-methyl/N-ethyl adjacent to an activating group) is 1. The maximum absolute atomic E-state index is 12.3. The number of aryl methyl sites for hydroxylation is 1. The standard InChI is InChI=1S/C14H17N3O3/c1-9(8-18)17(3)14(19)12-6-4-5-11(7-12)13-15-10(2)20-16-13/h4-7,9,18H,8H2,1-3H3. The highest BCUT2D eigenvalue weighted by molar-refractivity contribution is 5.95. The van der Waals surface area contributed by atoms with Crippen LogP contribution >= 0.6 is 0 Å². The molecule has 2 aromatic rings. The predicted molar refractivity (Wildman–Crippen MR) is 73.1 cm³/mol. The molecule has 1 amide bonds. The highest BCUT2D eigenvalue weighted by Crippen LogP contribution is 2.18. The third-order valence-corrected chi connectivity index (χ3v) is 3.14. The number of nitrogens with zero attached hydrogens (tertiary/aromatic N) is 3. The van der Waals surface area contributed by atoms with Crippen molar-refractivity contribution >= 4 is 5.91 Å². The van der Waals surface area contributed by atoms with Gasteiger partial charge in [0.25, 0.3) is 5.91 Å². The number of aromatic nitrogens is 2. The van der Waals surface area contributed by atoms with Gasteiger partial charge in [-0.1, -0.05) is 17.3 Å². The van der Waals surface area contributed by atoms with E-state index in [0.717, 1.165) is 5.56 Å². The summed E-state index contributed by atoms with van der Waals surface area (Å²) in [6.07, 6.45) is 0. The van der Waals surface area contributed by atoms with Gasteiger partial charge in [-0.3, -0.25) is 4.79 Å². The fraction of sp³-hybridized carbons (Fsp3) is 0.357. The maximum atomic E-state index is 12.3. The van der Waals surface area contributed by atoms with Crippen LogP contribution < -0.4 is 0 Å². The maximum Gasteiger partial charge on any atom is 0.253 e. The minimum Gasteiger partial charge on any atom is -0.394 e. The van der Waals surface area contributed by atoms with Crippen LogP contribution in [0.15, 0.2) is 28.8 Å². The quantitative estimate of drug-likeness (QED) is 0.914. The first-order chi connectivity index (χ1) is 9.52. The number of carbonyl (C=O) groups excluding carboxylic acids is 1. The number of hydrogen-bond acceptors (Lipinski definition) is 5. The SMILES string of the molecule is Cc1nc(-c2cccc(C(=O)N(C)C(C)CO)c2)no1. The normalized spacial score (nSPS) is 12.2. The molecule has 0 saturated heterocycles. The zero-order valence-electron chi connectivity index (χ0n) is 11.7. The van der Waals surface area contributed by atoms with Crippen molar-refractivity contribution in [1.29, 1.82) is 0 Å². The number of aliphatic hydroxyl groups excluding tert-OH is 1.